The molecule has 2 N–H and O–H groups in total. The summed E-state index contributed by atoms with van der Waals surface area (Å²) in [7, 11) is 0. The lowest BCUT2D eigenvalue weighted by atomic mass is 10.2. The van der Waals surface area contributed by atoms with Crippen molar-refractivity contribution < 1.29 is 9.90 Å². The van der Waals surface area contributed by atoms with Crippen LogP contribution in [0.2, 0.25) is 0 Å². The molecular weight excluding hydrogens is 228 g/mol. The van der Waals surface area contributed by atoms with E-state index in [1.165, 1.54) is 0 Å². The minimum absolute atomic E-state index is 0.0487. The second kappa shape index (κ2) is 9.87. The molecule has 0 saturated heterocycles. The van der Waals surface area contributed by atoms with E-state index in [4.69, 9.17) is 16.7 Å². The molecule has 1 atom stereocenters. The molecule has 0 aliphatic rings. The molecule has 96 valence electrons. The van der Waals surface area contributed by atoms with E-state index in [1.54, 1.807) is 0 Å². The molecule has 4 nitrogen and oxygen atoms in total. The highest BCUT2D eigenvalue weighted by Crippen LogP contribution is 1.97. The van der Waals surface area contributed by atoms with Crippen LogP contribution >= 0.6 is 11.6 Å². The van der Waals surface area contributed by atoms with Crippen LogP contribution < -0.4 is 5.32 Å². The van der Waals surface area contributed by atoms with E-state index in [2.05, 4.69) is 10.2 Å². The SMILES string of the molecule is CCN(CCO)C(C)CNC(=O)CCCCl. The molecule has 0 rings (SSSR count). The van der Waals surface area contributed by atoms with Gasteiger partial charge >= 0.3 is 0 Å². The second-order valence-electron chi connectivity index (χ2n) is 3.80. The number of halogens is 1. The Morgan fingerprint density at radius 3 is 2.75 bits per heavy atom. The zero-order valence-corrected chi connectivity index (χ0v) is 11.0. The molecular formula is C11H23ClN2O2. The van der Waals surface area contributed by atoms with Crippen molar-refractivity contribution in [1.29, 1.82) is 0 Å². The summed E-state index contributed by atoms with van der Waals surface area (Å²) < 4.78 is 0. The second-order valence-corrected chi connectivity index (χ2v) is 4.18. The molecule has 0 bridgehead atoms. The van der Waals surface area contributed by atoms with Gasteiger partial charge in [0.2, 0.25) is 5.91 Å². The monoisotopic (exact) mass is 250 g/mol. The molecule has 0 aliphatic heterocycles. The third-order valence-corrected chi connectivity index (χ3v) is 2.82. The summed E-state index contributed by atoms with van der Waals surface area (Å²) in [6, 6.07) is 0.247. The van der Waals surface area contributed by atoms with Gasteiger partial charge in [-0.05, 0) is 19.9 Å². The molecule has 0 heterocycles. The predicted molar refractivity (Wildman–Crippen MR) is 66.8 cm³/mol. The first-order valence-electron chi connectivity index (χ1n) is 5.83. The van der Waals surface area contributed by atoms with Crippen LogP contribution in [0.3, 0.4) is 0 Å². The van der Waals surface area contributed by atoms with Gasteiger partial charge in [0.25, 0.3) is 0 Å². The number of carbonyl (C=O) groups excluding carboxylic acids is 1. The van der Waals surface area contributed by atoms with E-state index in [0.717, 1.165) is 13.0 Å². The van der Waals surface area contributed by atoms with Gasteiger partial charge in [-0.15, -0.1) is 11.6 Å². The third-order valence-electron chi connectivity index (χ3n) is 2.55. The zero-order valence-electron chi connectivity index (χ0n) is 10.2. The van der Waals surface area contributed by atoms with Gasteiger partial charge in [0.15, 0.2) is 0 Å². The molecule has 16 heavy (non-hydrogen) atoms. The van der Waals surface area contributed by atoms with Crippen LogP contribution in [0.4, 0.5) is 0 Å². The maximum atomic E-state index is 11.3. The lowest BCUT2D eigenvalue weighted by Gasteiger charge is -2.27. The molecule has 1 unspecified atom stereocenters. The van der Waals surface area contributed by atoms with Crippen LogP contribution in [0, 0.1) is 0 Å². The van der Waals surface area contributed by atoms with Crippen molar-refractivity contribution in [3.8, 4) is 0 Å². The number of rotatable bonds is 9. The van der Waals surface area contributed by atoms with Gasteiger partial charge < -0.3 is 10.4 Å². The summed E-state index contributed by atoms with van der Waals surface area (Å²) >= 11 is 5.51. The van der Waals surface area contributed by atoms with Crippen LogP contribution in [0.15, 0.2) is 0 Å². The summed E-state index contributed by atoms with van der Waals surface area (Å²) in [4.78, 5) is 13.5. The van der Waals surface area contributed by atoms with Gasteiger partial charge in [0.05, 0.1) is 6.61 Å². The summed E-state index contributed by atoms with van der Waals surface area (Å²) in [6.45, 7) is 6.38. The minimum Gasteiger partial charge on any atom is -0.395 e. The lowest BCUT2D eigenvalue weighted by Crippen LogP contribution is -2.43. The van der Waals surface area contributed by atoms with Gasteiger partial charge in [-0.25, -0.2) is 0 Å². The van der Waals surface area contributed by atoms with Crippen molar-refractivity contribution in [2.24, 2.45) is 0 Å². The number of likely N-dealkylation sites (N-methyl/N-ethyl adjacent to an activating group) is 1. The zero-order chi connectivity index (χ0) is 12.4. The first-order chi connectivity index (χ1) is 7.65. The van der Waals surface area contributed by atoms with Gasteiger partial charge in [0.1, 0.15) is 0 Å². The van der Waals surface area contributed by atoms with E-state index in [-0.39, 0.29) is 18.6 Å². The standard InChI is InChI=1S/C11H23ClN2O2/c1-3-14(7-8-15)10(2)9-13-11(16)5-4-6-12/h10,15H,3-9H2,1-2H3,(H,13,16). The molecule has 0 saturated carbocycles. The maximum Gasteiger partial charge on any atom is 0.220 e. The number of alkyl halides is 1. The Balaban J connectivity index is 3.76. The molecule has 0 spiro atoms. The summed E-state index contributed by atoms with van der Waals surface area (Å²) in [5, 5.41) is 11.7. The molecule has 0 aromatic rings. The molecule has 0 aromatic heterocycles. The van der Waals surface area contributed by atoms with E-state index < -0.39 is 0 Å². The number of hydrogen-bond donors (Lipinski definition) is 2. The van der Waals surface area contributed by atoms with Crippen molar-refractivity contribution in [1.82, 2.24) is 10.2 Å². The Labute approximate surface area is 103 Å². The number of aliphatic hydroxyl groups excluding tert-OH is 1. The molecule has 5 heteroatoms. The van der Waals surface area contributed by atoms with Crippen molar-refractivity contribution >= 4 is 17.5 Å². The Kier molecular flexibility index (Phi) is 9.68. The third kappa shape index (κ3) is 7.04. The molecule has 0 radical (unpaired) electrons. The van der Waals surface area contributed by atoms with E-state index in [9.17, 15) is 4.79 Å². The Morgan fingerprint density at radius 1 is 1.56 bits per heavy atom. The van der Waals surface area contributed by atoms with E-state index in [0.29, 0.717) is 25.4 Å². The topological polar surface area (TPSA) is 52.6 Å². The normalized spacial score (nSPS) is 12.8. The van der Waals surface area contributed by atoms with Crippen LogP contribution in [0.1, 0.15) is 26.7 Å². The summed E-state index contributed by atoms with van der Waals surface area (Å²) in [5.74, 6) is 0.571. The van der Waals surface area contributed by atoms with Crippen molar-refractivity contribution in [2.45, 2.75) is 32.7 Å². The average Bonchev–Trinajstić information content (AvgIpc) is 2.30. The van der Waals surface area contributed by atoms with Crippen LogP contribution in [0.25, 0.3) is 0 Å². The smallest absolute Gasteiger partial charge is 0.220 e. The van der Waals surface area contributed by atoms with Gasteiger partial charge in [-0.1, -0.05) is 6.92 Å². The number of aliphatic hydroxyl groups is 1. The average molecular weight is 251 g/mol. The Morgan fingerprint density at radius 2 is 2.25 bits per heavy atom. The quantitative estimate of drug-likeness (QED) is 0.596. The Bertz CT molecular complexity index is 191. The van der Waals surface area contributed by atoms with Gasteiger partial charge in [-0.3, -0.25) is 9.69 Å². The van der Waals surface area contributed by atoms with Gasteiger partial charge in [0, 0.05) is 31.4 Å². The van der Waals surface area contributed by atoms with Crippen molar-refractivity contribution in [3.05, 3.63) is 0 Å². The van der Waals surface area contributed by atoms with E-state index >= 15 is 0 Å². The highest BCUT2D eigenvalue weighted by Gasteiger charge is 2.12. The van der Waals surface area contributed by atoms with Crippen LogP contribution in [-0.4, -0.2) is 54.1 Å². The highest BCUT2D eigenvalue weighted by atomic mass is 35.5. The van der Waals surface area contributed by atoms with Crippen molar-refractivity contribution in [3.63, 3.8) is 0 Å². The lowest BCUT2D eigenvalue weighted by molar-refractivity contribution is -0.121. The van der Waals surface area contributed by atoms with E-state index in [1.807, 2.05) is 13.8 Å². The number of nitrogens with zero attached hydrogens (tertiary/aromatic N) is 1. The van der Waals surface area contributed by atoms with Crippen molar-refractivity contribution in [2.75, 3.05) is 32.1 Å². The fourth-order valence-corrected chi connectivity index (χ4v) is 1.66. The number of amides is 1. The first-order valence-corrected chi connectivity index (χ1v) is 6.36. The summed E-state index contributed by atoms with van der Waals surface area (Å²) in [5.41, 5.74) is 0. The number of nitrogens with one attached hydrogen (secondary N) is 1. The minimum atomic E-state index is 0.0487. The molecule has 0 fully saturated rings. The fraction of sp³-hybridized carbons (Fsp3) is 0.909. The number of carbonyl (C=O) groups is 1. The maximum absolute atomic E-state index is 11.3. The largest absolute Gasteiger partial charge is 0.395 e. The number of hydrogen-bond acceptors (Lipinski definition) is 3. The van der Waals surface area contributed by atoms with Crippen LogP contribution in [-0.2, 0) is 4.79 Å². The predicted octanol–water partition coefficient (Wildman–Crippen LogP) is 0.824. The highest BCUT2D eigenvalue weighted by molar-refractivity contribution is 6.17. The molecule has 0 aliphatic carbocycles. The fourth-order valence-electron chi connectivity index (χ4n) is 1.53. The summed E-state index contributed by atoms with van der Waals surface area (Å²) in [6.07, 6.45) is 1.21. The van der Waals surface area contributed by atoms with Crippen LogP contribution in [0.5, 0.6) is 0 Å². The Hall–Kier alpha value is -0.320. The molecule has 0 aromatic carbocycles. The first kappa shape index (κ1) is 15.7. The molecule has 1 amide bonds. The van der Waals surface area contributed by atoms with Gasteiger partial charge in [-0.2, -0.15) is 0 Å².